The first-order chi connectivity index (χ1) is 10.1. The van der Waals surface area contributed by atoms with Crippen LogP contribution in [0.3, 0.4) is 0 Å². The van der Waals surface area contributed by atoms with E-state index in [0.717, 1.165) is 50.1 Å². The fraction of sp³-hybridized carbons (Fsp3) is 0.875. The minimum absolute atomic E-state index is 0.0600. The minimum atomic E-state index is -0.362. The van der Waals surface area contributed by atoms with Gasteiger partial charge in [0.1, 0.15) is 0 Å². The molecule has 0 spiro atoms. The molecule has 4 saturated carbocycles. The number of piperazine rings is 1. The van der Waals surface area contributed by atoms with Crippen LogP contribution < -0.4 is 10.6 Å². The summed E-state index contributed by atoms with van der Waals surface area (Å²) in [4.78, 5) is 26.4. The summed E-state index contributed by atoms with van der Waals surface area (Å²) in [5, 5.41) is 6.38. The number of nitrogens with zero attached hydrogens (tertiary/aromatic N) is 1. The molecule has 2 N–H and O–H groups in total. The summed E-state index contributed by atoms with van der Waals surface area (Å²) in [6.07, 6.45) is 7.33. The molecule has 5 nitrogen and oxygen atoms in total. The summed E-state index contributed by atoms with van der Waals surface area (Å²) in [7, 11) is 0. The maximum Gasteiger partial charge on any atom is 0.311 e. The van der Waals surface area contributed by atoms with Gasteiger partial charge >= 0.3 is 11.8 Å². The molecule has 0 unspecified atom stereocenters. The summed E-state index contributed by atoms with van der Waals surface area (Å²) < 4.78 is 0. The molecule has 4 bridgehead atoms. The normalized spacial score (nSPS) is 41.1. The first-order valence-corrected chi connectivity index (χ1v) is 8.46. The molecule has 5 aliphatic rings. The molecule has 4 aliphatic carbocycles. The lowest BCUT2D eigenvalue weighted by Crippen LogP contribution is -2.62. The Morgan fingerprint density at radius 2 is 1.48 bits per heavy atom. The van der Waals surface area contributed by atoms with Crippen LogP contribution in [0.25, 0.3) is 0 Å². The lowest BCUT2D eigenvalue weighted by Gasteiger charge is -2.56. The Hall–Kier alpha value is -1.10. The highest BCUT2D eigenvalue weighted by atomic mass is 16.2. The van der Waals surface area contributed by atoms with Crippen molar-refractivity contribution in [2.75, 3.05) is 26.2 Å². The standard InChI is InChI=1S/C16H25N3O2/c20-14(15(21)19-3-1-17-2-4-19)18-16-8-11-5-12(9-16)7-13(6-11)10-16/h11-13,17H,1-10H2,(H,18,20). The Kier molecular flexibility index (Phi) is 3.21. The van der Waals surface area contributed by atoms with E-state index < -0.39 is 0 Å². The van der Waals surface area contributed by atoms with Crippen molar-refractivity contribution in [3.8, 4) is 0 Å². The molecule has 5 heteroatoms. The molecule has 0 aromatic carbocycles. The van der Waals surface area contributed by atoms with E-state index in [4.69, 9.17) is 0 Å². The first kappa shape index (κ1) is 13.6. The Morgan fingerprint density at radius 1 is 0.952 bits per heavy atom. The molecular weight excluding hydrogens is 266 g/mol. The second kappa shape index (κ2) is 4.97. The highest BCUT2D eigenvalue weighted by Crippen LogP contribution is 2.55. The Morgan fingerprint density at radius 3 is 2.00 bits per heavy atom. The Labute approximate surface area is 125 Å². The van der Waals surface area contributed by atoms with Crippen LogP contribution in [0.1, 0.15) is 38.5 Å². The van der Waals surface area contributed by atoms with Crippen molar-refractivity contribution < 1.29 is 9.59 Å². The van der Waals surface area contributed by atoms with Crippen molar-refractivity contribution in [2.45, 2.75) is 44.1 Å². The Bertz CT molecular complexity index is 421. The third-order valence-electron chi connectivity index (χ3n) is 6.02. The fourth-order valence-corrected chi connectivity index (χ4v) is 5.57. The smallest absolute Gasteiger partial charge is 0.311 e. The van der Waals surface area contributed by atoms with Gasteiger partial charge in [-0.2, -0.15) is 0 Å². The van der Waals surface area contributed by atoms with E-state index in [-0.39, 0.29) is 17.4 Å². The Balaban J connectivity index is 1.43. The van der Waals surface area contributed by atoms with E-state index in [9.17, 15) is 9.59 Å². The number of amides is 2. The molecule has 1 aliphatic heterocycles. The third kappa shape index (κ3) is 2.45. The minimum Gasteiger partial charge on any atom is -0.342 e. The van der Waals surface area contributed by atoms with Crippen molar-refractivity contribution in [2.24, 2.45) is 17.8 Å². The van der Waals surface area contributed by atoms with Gasteiger partial charge in [-0.25, -0.2) is 0 Å². The molecule has 0 aromatic heterocycles. The highest BCUT2D eigenvalue weighted by molar-refractivity contribution is 6.35. The fourth-order valence-electron chi connectivity index (χ4n) is 5.57. The lowest BCUT2D eigenvalue weighted by molar-refractivity contribution is -0.149. The third-order valence-corrected chi connectivity index (χ3v) is 6.02. The summed E-state index contributed by atoms with van der Waals surface area (Å²) >= 11 is 0. The maximum absolute atomic E-state index is 12.4. The molecule has 21 heavy (non-hydrogen) atoms. The van der Waals surface area contributed by atoms with Crippen molar-refractivity contribution in [1.29, 1.82) is 0 Å². The largest absolute Gasteiger partial charge is 0.342 e. The summed E-state index contributed by atoms with van der Waals surface area (Å²) in [5.41, 5.74) is -0.0600. The lowest BCUT2D eigenvalue weighted by atomic mass is 9.53. The summed E-state index contributed by atoms with van der Waals surface area (Å²) in [5.74, 6) is 1.66. The van der Waals surface area contributed by atoms with E-state index in [0.29, 0.717) is 13.1 Å². The average molecular weight is 291 g/mol. The van der Waals surface area contributed by atoms with Gasteiger partial charge in [0.05, 0.1) is 0 Å². The highest BCUT2D eigenvalue weighted by Gasteiger charge is 2.52. The maximum atomic E-state index is 12.4. The molecule has 2 amide bonds. The van der Waals surface area contributed by atoms with Gasteiger partial charge in [-0.1, -0.05) is 0 Å². The second-order valence-electron chi connectivity index (χ2n) is 7.69. The van der Waals surface area contributed by atoms with Gasteiger partial charge in [0, 0.05) is 31.7 Å². The number of carbonyl (C=O) groups is 2. The number of carbonyl (C=O) groups excluding carboxylic acids is 2. The second-order valence-corrected chi connectivity index (χ2v) is 7.69. The average Bonchev–Trinajstić information content (AvgIpc) is 2.45. The van der Waals surface area contributed by atoms with Crippen LogP contribution in [0.5, 0.6) is 0 Å². The predicted octanol–water partition coefficient (Wildman–Crippen LogP) is 0.503. The summed E-state index contributed by atoms with van der Waals surface area (Å²) in [6, 6.07) is 0. The number of hydrogen-bond donors (Lipinski definition) is 2. The quantitative estimate of drug-likeness (QED) is 0.692. The number of hydrogen-bond acceptors (Lipinski definition) is 3. The van der Waals surface area contributed by atoms with Crippen molar-refractivity contribution in [3.63, 3.8) is 0 Å². The zero-order valence-electron chi connectivity index (χ0n) is 12.6. The van der Waals surface area contributed by atoms with Crippen LogP contribution in [-0.4, -0.2) is 48.4 Å². The molecule has 0 radical (unpaired) electrons. The van der Waals surface area contributed by atoms with Crippen LogP contribution >= 0.6 is 0 Å². The van der Waals surface area contributed by atoms with Gasteiger partial charge < -0.3 is 15.5 Å². The number of nitrogens with one attached hydrogen (secondary N) is 2. The molecule has 116 valence electrons. The van der Waals surface area contributed by atoms with Crippen molar-refractivity contribution in [1.82, 2.24) is 15.5 Å². The van der Waals surface area contributed by atoms with Gasteiger partial charge in [0.2, 0.25) is 0 Å². The van der Waals surface area contributed by atoms with Gasteiger partial charge in [-0.05, 0) is 56.3 Å². The molecule has 1 heterocycles. The van der Waals surface area contributed by atoms with E-state index in [2.05, 4.69) is 10.6 Å². The molecule has 1 saturated heterocycles. The van der Waals surface area contributed by atoms with Crippen molar-refractivity contribution >= 4 is 11.8 Å². The van der Waals surface area contributed by atoms with Crippen LogP contribution in [0.4, 0.5) is 0 Å². The van der Waals surface area contributed by atoms with Crippen molar-refractivity contribution in [3.05, 3.63) is 0 Å². The molecule has 5 rings (SSSR count). The van der Waals surface area contributed by atoms with Crippen LogP contribution in [0.15, 0.2) is 0 Å². The van der Waals surface area contributed by atoms with Crippen LogP contribution in [0.2, 0.25) is 0 Å². The zero-order chi connectivity index (χ0) is 14.4. The molecular formula is C16H25N3O2. The monoisotopic (exact) mass is 291 g/mol. The predicted molar refractivity (Wildman–Crippen MR) is 78.5 cm³/mol. The van der Waals surface area contributed by atoms with Crippen LogP contribution in [-0.2, 0) is 9.59 Å². The van der Waals surface area contributed by atoms with Gasteiger partial charge in [0.15, 0.2) is 0 Å². The van der Waals surface area contributed by atoms with Crippen LogP contribution in [0, 0.1) is 17.8 Å². The SMILES string of the molecule is O=C(NC12CC3CC(CC(C3)C1)C2)C(=O)N1CCNCC1. The molecule has 0 aromatic rings. The molecule has 0 atom stereocenters. The van der Waals surface area contributed by atoms with E-state index in [1.807, 2.05) is 0 Å². The topological polar surface area (TPSA) is 61.4 Å². The van der Waals surface area contributed by atoms with Gasteiger partial charge in [-0.15, -0.1) is 0 Å². The van der Waals surface area contributed by atoms with E-state index >= 15 is 0 Å². The van der Waals surface area contributed by atoms with Gasteiger partial charge in [-0.3, -0.25) is 9.59 Å². The zero-order valence-corrected chi connectivity index (χ0v) is 12.6. The van der Waals surface area contributed by atoms with Gasteiger partial charge in [0.25, 0.3) is 0 Å². The van der Waals surface area contributed by atoms with E-state index in [1.165, 1.54) is 19.3 Å². The summed E-state index contributed by atoms with van der Waals surface area (Å²) in [6.45, 7) is 2.87. The van der Waals surface area contributed by atoms with E-state index in [1.54, 1.807) is 4.90 Å². The molecule has 5 fully saturated rings. The first-order valence-electron chi connectivity index (χ1n) is 8.46. The number of rotatable bonds is 1.